The molecule has 1 saturated heterocycles. The number of aliphatic hydroxyl groups is 2. The highest BCUT2D eigenvalue weighted by Gasteiger charge is 2.58. The SMILES string of the molecule is OC(c1cccc(N2CCN(c3ccc(-c4ccc(C(F)(F)C(O)(Cn5cnnn5)c5ccc(F)cc5F)nc4)cc3)CC2)c1)C(F)(F)F. The zero-order chi connectivity index (χ0) is 35.0. The molecule has 0 spiro atoms. The molecule has 0 bridgehead atoms. The molecule has 0 aliphatic carbocycles. The van der Waals surface area contributed by atoms with Crippen LogP contribution in [0.3, 0.4) is 0 Å². The number of alkyl halides is 5. The summed E-state index contributed by atoms with van der Waals surface area (Å²) in [5.41, 5.74) is -2.64. The topological polar surface area (TPSA) is 103 Å². The van der Waals surface area contributed by atoms with E-state index in [1.165, 1.54) is 30.5 Å². The molecule has 5 aromatic rings. The van der Waals surface area contributed by atoms with Gasteiger partial charge in [0.15, 0.2) is 11.7 Å². The average Bonchev–Trinajstić information content (AvgIpc) is 3.60. The summed E-state index contributed by atoms with van der Waals surface area (Å²) in [6, 6.07) is 17.3. The van der Waals surface area contributed by atoms with Gasteiger partial charge in [-0.3, -0.25) is 4.98 Å². The van der Waals surface area contributed by atoms with Gasteiger partial charge in [-0.2, -0.15) is 22.0 Å². The van der Waals surface area contributed by atoms with Gasteiger partial charge in [-0.25, -0.2) is 13.5 Å². The Kier molecular flexibility index (Phi) is 9.02. The molecule has 9 nitrogen and oxygen atoms in total. The zero-order valence-electron chi connectivity index (χ0n) is 25.4. The fraction of sp³-hybridized carbons (Fsp3) is 0.273. The second kappa shape index (κ2) is 13.1. The quantitative estimate of drug-likeness (QED) is 0.193. The summed E-state index contributed by atoms with van der Waals surface area (Å²) in [7, 11) is 0. The number of rotatable bonds is 9. The van der Waals surface area contributed by atoms with Crippen molar-refractivity contribution >= 4 is 11.4 Å². The number of nitrogens with zero attached hydrogens (tertiary/aromatic N) is 7. The van der Waals surface area contributed by atoms with Crippen LogP contribution in [0.2, 0.25) is 0 Å². The van der Waals surface area contributed by atoms with Gasteiger partial charge in [-0.05, 0) is 64.0 Å². The lowest BCUT2D eigenvalue weighted by Crippen LogP contribution is -2.48. The van der Waals surface area contributed by atoms with Gasteiger partial charge in [0.1, 0.15) is 23.7 Å². The molecule has 49 heavy (non-hydrogen) atoms. The standard InChI is InChI=1S/C33H28F7N7O2/c34-24-7-10-27(28(35)17-24)31(49,19-47-20-42-43-44-47)32(36,37)29-11-6-23(18-41-29)21-4-8-25(9-5-21)45-12-14-46(15-13-45)26-3-1-2-22(16-26)30(48)33(38,39)40/h1-11,16-18,20,30,48-49H,12-15,19H2. The minimum atomic E-state index is -4.76. The number of aliphatic hydroxyl groups excluding tert-OH is 1. The van der Waals surface area contributed by atoms with Crippen molar-refractivity contribution in [2.45, 2.75) is 30.3 Å². The monoisotopic (exact) mass is 687 g/mol. The summed E-state index contributed by atoms with van der Waals surface area (Å²) in [6.45, 7) is 1.21. The Labute approximate surface area is 274 Å². The van der Waals surface area contributed by atoms with Gasteiger partial charge in [0, 0.05) is 60.9 Å². The number of pyridine rings is 1. The van der Waals surface area contributed by atoms with Crippen molar-refractivity contribution < 1.29 is 40.9 Å². The Morgan fingerprint density at radius 1 is 0.776 bits per heavy atom. The first-order valence-corrected chi connectivity index (χ1v) is 14.9. The number of hydrogen-bond acceptors (Lipinski definition) is 8. The molecule has 3 heterocycles. The highest BCUT2D eigenvalue weighted by molar-refractivity contribution is 5.66. The van der Waals surface area contributed by atoms with Crippen molar-refractivity contribution in [2.24, 2.45) is 0 Å². The summed E-state index contributed by atoms with van der Waals surface area (Å²) in [5.74, 6) is -6.59. The van der Waals surface area contributed by atoms with Crippen LogP contribution in [0.4, 0.5) is 42.1 Å². The van der Waals surface area contributed by atoms with Crippen molar-refractivity contribution in [1.29, 1.82) is 0 Å². The number of benzene rings is 3. The van der Waals surface area contributed by atoms with Crippen LogP contribution >= 0.6 is 0 Å². The third-order valence-corrected chi connectivity index (χ3v) is 8.47. The van der Waals surface area contributed by atoms with Crippen LogP contribution in [0.15, 0.2) is 91.4 Å². The molecule has 256 valence electrons. The van der Waals surface area contributed by atoms with Crippen LogP contribution in [0.5, 0.6) is 0 Å². The minimum absolute atomic E-state index is 0.226. The third-order valence-electron chi connectivity index (χ3n) is 8.47. The lowest BCUT2D eigenvalue weighted by molar-refractivity contribution is -0.207. The molecule has 0 saturated carbocycles. The minimum Gasteiger partial charge on any atom is -0.379 e. The molecule has 0 amide bonds. The smallest absolute Gasteiger partial charge is 0.379 e. The largest absolute Gasteiger partial charge is 0.418 e. The maximum absolute atomic E-state index is 16.1. The Morgan fingerprint density at radius 2 is 1.45 bits per heavy atom. The molecule has 3 aromatic carbocycles. The molecule has 2 aromatic heterocycles. The van der Waals surface area contributed by atoms with Crippen LogP contribution in [0, 0.1) is 11.6 Å². The van der Waals surface area contributed by atoms with E-state index in [9.17, 15) is 32.2 Å². The van der Waals surface area contributed by atoms with Crippen molar-refractivity contribution in [1.82, 2.24) is 25.2 Å². The maximum Gasteiger partial charge on any atom is 0.418 e. The summed E-state index contributed by atoms with van der Waals surface area (Å²) in [6.07, 6.45) is -5.16. The lowest BCUT2D eigenvalue weighted by atomic mass is 9.84. The zero-order valence-corrected chi connectivity index (χ0v) is 25.4. The van der Waals surface area contributed by atoms with Crippen LogP contribution in [0.1, 0.15) is 22.9 Å². The predicted octanol–water partition coefficient (Wildman–Crippen LogP) is 5.62. The second-order valence-corrected chi connectivity index (χ2v) is 11.6. The second-order valence-electron chi connectivity index (χ2n) is 11.6. The van der Waals surface area contributed by atoms with E-state index in [-0.39, 0.29) is 5.56 Å². The maximum atomic E-state index is 16.1. The summed E-state index contributed by atoms with van der Waals surface area (Å²) in [4.78, 5) is 7.95. The molecule has 2 N–H and O–H groups in total. The van der Waals surface area contributed by atoms with Crippen LogP contribution in [-0.2, 0) is 18.1 Å². The molecule has 2 atom stereocenters. The van der Waals surface area contributed by atoms with Gasteiger partial charge in [0.05, 0.1) is 6.54 Å². The lowest BCUT2D eigenvalue weighted by Gasteiger charge is -2.37. The van der Waals surface area contributed by atoms with Gasteiger partial charge < -0.3 is 20.0 Å². The number of halogens is 7. The van der Waals surface area contributed by atoms with E-state index < -0.39 is 53.2 Å². The molecule has 6 rings (SSSR count). The van der Waals surface area contributed by atoms with E-state index in [4.69, 9.17) is 0 Å². The van der Waals surface area contributed by atoms with E-state index in [0.717, 1.165) is 34.9 Å². The van der Waals surface area contributed by atoms with Crippen molar-refractivity contribution in [2.75, 3.05) is 36.0 Å². The Hall–Kier alpha value is -5.09. The molecule has 1 fully saturated rings. The van der Waals surface area contributed by atoms with E-state index in [0.29, 0.717) is 49.1 Å². The van der Waals surface area contributed by atoms with Crippen molar-refractivity contribution in [3.8, 4) is 11.1 Å². The Morgan fingerprint density at radius 3 is 2.04 bits per heavy atom. The van der Waals surface area contributed by atoms with E-state index in [1.54, 1.807) is 18.2 Å². The summed E-state index contributed by atoms with van der Waals surface area (Å²) in [5, 5.41) is 31.2. The average molecular weight is 688 g/mol. The number of tetrazole rings is 1. The van der Waals surface area contributed by atoms with E-state index in [2.05, 4.69) is 25.4 Å². The first-order chi connectivity index (χ1) is 23.3. The molecule has 16 heteroatoms. The Balaban J connectivity index is 1.15. The van der Waals surface area contributed by atoms with Gasteiger partial charge >= 0.3 is 12.1 Å². The van der Waals surface area contributed by atoms with Crippen LogP contribution in [-0.4, -0.2) is 67.8 Å². The highest BCUT2D eigenvalue weighted by atomic mass is 19.4. The number of hydrogen-bond donors (Lipinski definition) is 2. The van der Waals surface area contributed by atoms with Crippen molar-refractivity contribution in [3.63, 3.8) is 0 Å². The fourth-order valence-electron chi connectivity index (χ4n) is 5.80. The van der Waals surface area contributed by atoms with Gasteiger partial charge in [0.25, 0.3) is 0 Å². The first-order valence-electron chi connectivity index (χ1n) is 14.9. The normalized spacial score (nSPS) is 16.0. The van der Waals surface area contributed by atoms with Crippen LogP contribution < -0.4 is 9.80 Å². The molecule has 1 aliphatic heterocycles. The Bertz CT molecular complexity index is 1880. The third kappa shape index (κ3) is 6.78. The molecular weight excluding hydrogens is 659 g/mol. The number of piperazine rings is 1. The predicted molar refractivity (Wildman–Crippen MR) is 164 cm³/mol. The van der Waals surface area contributed by atoms with Gasteiger partial charge in [-0.1, -0.05) is 30.3 Å². The first kappa shape index (κ1) is 33.8. The summed E-state index contributed by atoms with van der Waals surface area (Å²) < 4.78 is 100. The number of aromatic nitrogens is 5. The molecular formula is C33H28F7N7O2. The van der Waals surface area contributed by atoms with Gasteiger partial charge in [-0.15, -0.1) is 5.10 Å². The van der Waals surface area contributed by atoms with E-state index in [1.807, 2.05) is 17.0 Å². The molecule has 2 unspecified atom stereocenters. The summed E-state index contributed by atoms with van der Waals surface area (Å²) >= 11 is 0. The molecule has 0 radical (unpaired) electrons. The van der Waals surface area contributed by atoms with Crippen LogP contribution in [0.25, 0.3) is 11.1 Å². The van der Waals surface area contributed by atoms with E-state index >= 15 is 8.78 Å². The fourth-order valence-corrected chi connectivity index (χ4v) is 5.80. The van der Waals surface area contributed by atoms with Crippen molar-refractivity contribution in [3.05, 3.63) is 120 Å². The number of anilines is 2. The molecule has 1 aliphatic rings. The van der Waals surface area contributed by atoms with Gasteiger partial charge in [0.2, 0.25) is 0 Å². The highest BCUT2D eigenvalue weighted by Crippen LogP contribution is 2.47.